The smallest absolute Gasteiger partial charge is 0.225 e. The van der Waals surface area contributed by atoms with Gasteiger partial charge in [-0.1, -0.05) is 6.07 Å². The molecule has 0 atom stereocenters. The molecule has 0 aliphatic rings. The quantitative estimate of drug-likeness (QED) is 0.832. The van der Waals surface area contributed by atoms with Crippen LogP contribution in [0.2, 0.25) is 0 Å². The number of thiazole rings is 1. The molecule has 0 bridgehead atoms. The molecule has 0 spiro atoms. The molecule has 20 heavy (non-hydrogen) atoms. The first kappa shape index (κ1) is 14.7. The van der Waals surface area contributed by atoms with E-state index in [2.05, 4.69) is 15.3 Å². The van der Waals surface area contributed by atoms with Crippen LogP contribution in [-0.2, 0) is 17.8 Å². The van der Waals surface area contributed by atoms with Crippen LogP contribution in [-0.4, -0.2) is 23.0 Å². The van der Waals surface area contributed by atoms with Crippen LogP contribution < -0.4 is 10.1 Å². The number of hydrogen-bond donors (Lipinski definition) is 2. The lowest BCUT2D eigenvalue weighted by molar-refractivity contribution is -0.120. The number of aromatic nitrogens is 2. The molecule has 0 aromatic carbocycles. The Bertz CT molecular complexity index is 664. The van der Waals surface area contributed by atoms with Crippen molar-refractivity contribution in [2.75, 3.05) is 7.11 Å². The maximum Gasteiger partial charge on any atom is 0.225 e. The Balaban J connectivity index is 1.95. The first-order chi connectivity index (χ1) is 9.60. The third kappa shape index (κ3) is 3.64. The maximum atomic E-state index is 11.9. The molecule has 7 heteroatoms. The largest absolute Gasteiger partial charge is 0.481 e. The molecule has 0 saturated heterocycles. The second-order valence-electron chi connectivity index (χ2n) is 4.19. The second-order valence-corrected chi connectivity index (χ2v) is 5.96. The highest BCUT2D eigenvalue weighted by molar-refractivity contribution is 7.73. The van der Waals surface area contributed by atoms with E-state index < -0.39 is 0 Å². The van der Waals surface area contributed by atoms with Gasteiger partial charge < -0.3 is 15.0 Å². The van der Waals surface area contributed by atoms with Crippen LogP contribution in [0.3, 0.4) is 0 Å². The Morgan fingerprint density at radius 3 is 3.05 bits per heavy atom. The van der Waals surface area contributed by atoms with E-state index in [0.717, 1.165) is 16.1 Å². The zero-order valence-corrected chi connectivity index (χ0v) is 12.9. The van der Waals surface area contributed by atoms with Crippen molar-refractivity contribution in [3.63, 3.8) is 0 Å². The van der Waals surface area contributed by atoms with Gasteiger partial charge in [0.25, 0.3) is 0 Å². The fourth-order valence-corrected chi connectivity index (χ4v) is 3.04. The van der Waals surface area contributed by atoms with Gasteiger partial charge in [0.05, 0.1) is 13.5 Å². The molecule has 0 saturated carbocycles. The monoisotopic (exact) mass is 309 g/mol. The van der Waals surface area contributed by atoms with Crippen LogP contribution in [0.4, 0.5) is 0 Å². The molecule has 0 radical (unpaired) electrons. The minimum absolute atomic E-state index is 0.0516. The average Bonchev–Trinajstić information content (AvgIpc) is 2.75. The number of amides is 1. The number of ether oxygens (including phenoxy) is 1. The number of pyridine rings is 1. The molecule has 0 fully saturated rings. The van der Waals surface area contributed by atoms with Gasteiger partial charge in [0.2, 0.25) is 11.8 Å². The van der Waals surface area contributed by atoms with Crippen LogP contribution >= 0.6 is 23.6 Å². The lowest BCUT2D eigenvalue weighted by Crippen LogP contribution is -2.24. The summed E-state index contributed by atoms with van der Waals surface area (Å²) >= 11 is 6.49. The van der Waals surface area contributed by atoms with E-state index in [4.69, 9.17) is 17.0 Å². The van der Waals surface area contributed by atoms with Crippen LogP contribution in [0.1, 0.15) is 16.1 Å². The molecule has 2 rings (SSSR count). The normalized spacial score (nSPS) is 10.3. The van der Waals surface area contributed by atoms with Crippen molar-refractivity contribution in [2.45, 2.75) is 19.9 Å². The molecule has 0 aliphatic carbocycles. The molecule has 106 valence electrons. The summed E-state index contributed by atoms with van der Waals surface area (Å²) in [6.07, 6.45) is 1.98. The highest BCUT2D eigenvalue weighted by Gasteiger charge is 2.10. The number of H-pyrrole nitrogens is 1. The van der Waals surface area contributed by atoms with Crippen molar-refractivity contribution in [3.05, 3.63) is 38.4 Å². The predicted octanol–water partition coefficient (Wildman–Crippen LogP) is 2.38. The Morgan fingerprint density at radius 2 is 2.40 bits per heavy atom. The highest BCUT2D eigenvalue weighted by atomic mass is 32.1. The van der Waals surface area contributed by atoms with Gasteiger partial charge in [-0.05, 0) is 25.2 Å². The molecule has 0 aliphatic heterocycles. The van der Waals surface area contributed by atoms with Crippen LogP contribution in [0, 0.1) is 10.9 Å². The number of carbonyl (C=O) groups excluding carboxylic acids is 1. The topological polar surface area (TPSA) is 67.0 Å². The molecule has 2 aromatic rings. The minimum atomic E-state index is -0.0516. The maximum absolute atomic E-state index is 11.9. The summed E-state index contributed by atoms with van der Waals surface area (Å²) in [5.41, 5.74) is 1.80. The zero-order chi connectivity index (χ0) is 14.5. The van der Waals surface area contributed by atoms with E-state index in [0.29, 0.717) is 22.8 Å². The third-order valence-corrected chi connectivity index (χ3v) is 4.10. The van der Waals surface area contributed by atoms with Crippen molar-refractivity contribution in [1.29, 1.82) is 0 Å². The Hall–Kier alpha value is -1.73. The zero-order valence-electron chi connectivity index (χ0n) is 11.2. The van der Waals surface area contributed by atoms with Crippen LogP contribution in [0.25, 0.3) is 0 Å². The minimum Gasteiger partial charge on any atom is -0.481 e. The molecular formula is C13H15N3O2S2. The van der Waals surface area contributed by atoms with E-state index in [1.54, 1.807) is 13.3 Å². The molecule has 2 N–H and O–H groups in total. The summed E-state index contributed by atoms with van der Waals surface area (Å²) in [6.45, 7) is 2.31. The lowest BCUT2D eigenvalue weighted by Gasteiger charge is -2.08. The van der Waals surface area contributed by atoms with E-state index in [1.165, 1.54) is 11.3 Å². The summed E-state index contributed by atoms with van der Waals surface area (Å²) in [5, 5.41) is 2.86. The number of hydrogen-bond acceptors (Lipinski definition) is 5. The summed E-state index contributed by atoms with van der Waals surface area (Å²) in [4.78, 5) is 20.0. The van der Waals surface area contributed by atoms with Crippen molar-refractivity contribution in [2.24, 2.45) is 0 Å². The van der Waals surface area contributed by atoms with Crippen molar-refractivity contribution in [1.82, 2.24) is 15.3 Å². The van der Waals surface area contributed by atoms with Gasteiger partial charge in [0.1, 0.15) is 0 Å². The fourth-order valence-electron chi connectivity index (χ4n) is 1.75. The molecule has 2 aromatic heterocycles. The van der Waals surface area contributed by atoms with Crippen LogP contribution in [0.15, 0.2) is 18.3 Å². The van der Waals surface area contributed by atoms with Gasteiger partial charge in [0.15, 0.2) is 3.95 Å². The number of nitrogens with one attached hydrogen (secondary N) is 2. The molecule has 5 nitrogen and oxygen atoms in total. The first-order valence-corrected chi connectivity index (χ1v) is 7.25. The number of aromatic amines is 1. The van der Waals surface area contributed by atoms with Crippen molar-refractivity contribution < 1.29 is 9.53 Å². The van der Waals surface area contributed by atoms with E-state index >= 15 is 0 Å². The SMILES string of the molecule is COc1ncccc1CNC(=O)Cc1sc(=S)[nH]c1C. The number of nitrogens with zero attached hydrogens (tertiary/aromatic N) is 1. The lowest BCUT2D eigenvalue weighted by atomic mass is 10.2. The molecule has 1 amide bonds. The number of carbonyl (C=O) groups is 1. The Labute approximate surface area is 126 Å². The fraction of sp³-hybridized carbons (Fsp3) is 0.308. The first-order valence-electron chi connectivity index (χ1n) is 6.03. The van der Waals surface area contributed by atoms with Crippen molar-refractivity contribution in [3.8, 4) is 5.88 Å². The van der Waals surface area contributed by atoms with Gasteiger partial charge in [0, 0.05) is 28.9 Å². The average molecular weight is 309 g/mol. The standard InChI is InChI=1S/C13H15N3O2S2/c1-8-10(20-13(19)16-8)6-11(17)15-7-9-4-3-5-14-12(9)18-2/h3-5H,6-7H2,1-2H3,(H,15,17)(H,16,19). The summed E-state index contributed by atoms with van der Waals surface area (Å²) in [5.74, 6) is 0.477. The summed E-state index contributed by atoms with van der Waals surface area (Å²) in [6, 6.07) is 3.68. The number of methoxy groups -OCH3 is 1. The van der Waals surface area contributed by atoms with E-state index in [9.17, 15) is 4.79 Å². The van der Waals surface area contributed by atoms with E-state index in [-0.39, 0.29) is 5.91 Å². The molecule has 2 heterocycles. The predicted molar refractivity (Wildman–Crippen MR) is 80.6 cm³/mol. The molecular weight excluding hydrogens is 294 g/mol. The van der Waals surface area contributed by atoms with Gasteiger partial charge in [-0.3, -0.25) is 4.79 Å². The van der Waals surface area contributed by atoms with Gasteiger partial charge in [-0.15, -0.1) is 11.3 Å². The number of aryl methyl sites for hydroxylation is 1. The highest BCUT2D eigenvalue weighted by Crippen LogP contribution is 2.16. The summed E-state index contributed by atoms with van der Waals surface area (Å²) in [7, 11) is 1.56. The number of rotatable bonds is 5. The summed E-state index contributed by atoms with van der Waals surface area (Å²) < 4.78 is 5.83. The van der Waals surface area contributed by atoms with Gasteiger partial charge in [-0.2, -0.15) is 0 Å². The van der Waals surface area contributed by atoms with Crippen molar-refractivity contribution >= 4 is 29.5 Å². The second kappa shape index (κ2) is 6.62. The Kier molecular flexibility index (Phi) is 4.86. The van der Waals surface area contributed by atoms with Gasteiger partial charge in [-0.25, -0.2) is 4.98 Å². The Morgan fingerprint density at radius 1 is 1.60 bits per heavy atom. The van der Waals surface area contributed by atoms with E-state index in [1.807, 2.05) is 19.1 Å². The van der Waals surface area contributed by atoms with Gasteiger partial charge >= 0.3 is 0 Å². The van der Waals surface area contributed by atoms with Crippen LogP contribution in [0.5, 0.6) is 5.88 Å². The third-order valence-electron chi connectivity index (χ3n) is 2.76. The molecule has 0 unspecified atom stereocenters.